The van der Waals surface area contributed by atoms with Gasteiger partial charge in [-0.3, -0.25) is 0 Å². The topological polar surface area (TPSA) is 35.9 Å². The van der Waals surface area contributed by atoms with Crippen LogP contribution in [0.2, 0.25) is 0 Å². The van der Waals surface area contributed by atoms with Crippen molar-refractivity contribution >= 4 is 55.5 Å². The van der Waals surface area contributed by atoms with Crippen molar-refractivity contribution in [2.45, 2.75) is 0 Å². The number of nitrogens with one attached hydrogen (secondary N) is 2. The van der Waals surface area contributed by atoms with Crippen molar-refractivity contribution in [1.29, 1.82) is 5.41 Å². The van der Waals surface area contributed by atoms with Crippen LogP contribution in [0.3, 0.4) is 0 Å². The smallest absolute Gasteiger partial charge is 0.0639 e. The molecule has 0 bridgehead atoms. The Hall–Kier alpha value is -5.47. The SMILES string of the molecule is N=C(/C=C1\NC(c2ccccc2)=Cc2ccc(-c3ccccc3)cc21)c1cc2cccc3ccc4cccc1c4c32. The molecular formula is C39H26N2. The van der Waals surface area contributed by atoms with E-state index in [9.17, 15) is 5.41 Å². The molecule has 0 atom stereocenters. The minimum atomic E-state index is 0.483. The first-order valence-corrected chi connectivity index (χ1v) is 13.9. The first kappa shape index (κ1) is 23.4. The van der Waals surface area contributed by atoms with Crippen LogP contribution in [0.1, 0.15) is 22.3 Å². The second-order valence-corrected chi connectivity index (χ2v) is 10.7. The van der Waals surface area contributed by atoms with Crippen molar-refractivity contribution in [1.82, 2.24) is 5.32 Å². The van der Waals surface area contributed by atoms with E-state index in [0.29, 0.717) is 5.71 Å². The van der Waals surface area contributed by atoms with Crippen LogP contribution in [-0.2, 0) is 0 Å². The van der Waals surface area contributed by atoms with Crippen molar-refractivity contribution in [3.63, 3.8) is 0 Å². The van der Waals surface area contributed by atoms with Crippen LogP contribution in [0.15, 0.2) is 140 Å². The summed E-state index contributed by atoms with van der Waals surface area (Å²) in [5, 5.41) is 20.4. The maximum atomic E-state index is 9.44. The van der Waals surface area contributed by atoms with Gasteiger partial charge in [0, 0.05) is 22.5 Å². The molecule has 1 aliphatic heterocycles. The van der Waals surface area contributed by atoms with Gasteiger partial charge in [0.05, 0.1) is 5.71 Å². The highest BCUT2D eigenvalue weighted by Crippen LogP contribution is 2.38. The molecule has 7 aromatic rings. The number of hydrogen-bond acceptors (Lipinski definition) is 2. The predicted molar refractivity (Wildman–Crippen MR) is 174 cm³/mol. The van der Waals surface area contributed by atoms with Gasteiger partial charge in [-0.1, -0.05) is 121 Å². The van der Waals surface area contributed by atoms with E-state index in [2.05, 4.69) is 133 Å². The fourth-order valence-electron chi connectivity index (χ4n) is 6.22. The number of hydrogen-bond donors (Lipinski definition) is 2. The van der Waals surface area contributed by atoms with Crippen molar-refractivity contribution in [2.24, 2.45) is 0 Å². The number of allylic oxidation sites excluding steroid dienone is 1. The quantitative estimate of drug-likeness (QED) is 0.175. The van der Waals surface area contributed by atoms with Crippen molar-refractivity contribution in [3.8, 4) is 11.1 Å². The van der Waals surface area contributed by atoms with E-state index in [4.69, 9.17) is 0 Å². The minimum Gasteiger partial charge on any atom is -0.354 e. The van der Waals surface area contributed by atoms with Crippen LogP contribution >= 0.6 is 0 Å². The number of benzene rings is 7. The molecule has 2 heteroatoms. The molecule has 0 saturated heterocycles. The lowest BCUT2D eigenvalue weighted by Crippen LogP contribution is -2.17. The molecule has 192 valence electrons. The van der Waals surface area contributed by atoms with Crippen molar-refractivity contribution < 1.29 is 0 Å². The Morgan fingerprint density at radius 1 is 0.561 bits per heavy atom. The van der Waals surface area contributed by atoms with Gasteiger partial charge in [-0.2, -0.15) is 0 Å². The lowest BCUT2D eigenvalue weighted by Gasteiger charge is -2.24. The molecule has 0 aromatic heterocycles. The maximum Gasteiger partial charge on any atom is 0.0639 e. The molecule has 0 aliphatic carbocycles. The Labute approximate surface area is 238 Å². The zero-order chi connectivity index (χ0) is 27.3. The number of rotatable bonds is 4. The fraction of sp³-hybridized carbons (Fsp3) is 0. The average Bonchev–Trinajstić information content (AvgIpc) is 3.04. The largest absolute Gasteiger partial charge is 0.354 e. The molecule has 0 amide bonds. The van der Waals surface area contributed by atoms with E-state index in [1.54, 1.807) is 0 Å². The van der Waals surface area contributed by atoms with Crippen LogP contribution in [0, 0.1) is 5.41 Å². The molecule has 8 rings (SSSR count). The van der Waals surface area contributed by atoms with Crippen LogP contribution in [0.5, 0.6) is 0 Å². The molecule has 0 fully saturated rings. The molecule has 2 N–H and O–H groups in total. The Morgan fingerprint density at radius 2 is 1.24 bits per heavy atom. The molecule has 0 spiro atoms. The van der Waals surface area contributed by atoms with Gasteiger partial charge in [-0.25, -0.2) is 0 Å². The summed E-state index contributed by atoms with van der Waals surface area (Å²) in [6.45, 7) is 0. The maximum absolute atomic E-state index is 9.44. The fourth-order valence-corrected chi connectivity index (χ4v) is 6.22. The second kappa shape index (κ2) is 9.32. The molecule has 0 unspecified atom stereocenters. The third-order valence-corrected chi connectivity index (χ3v) is 8.19. The van der Waals surface area contributed by atoms with Crippen LogP contribution in [0.25, 0.3) is 60.9 Å². The second-order valence-electron chi connectivity index (χ2n) is 10.7. The van der Waals surface area contributed by atoms with Crippen molar-refractivity contribution in [2.75, 3.05) is 0 Å². The third kappa shape index (κ3) is 3.92. The van der Waals surface area contributed by atoms with E-state index in [1.807, 2.05) is 18.2 Å². The molecular weight excluding hydrogens is 496 g/mol. The summed E-state index contributed by atoms with van der Waals surface area (Å²) in [5.41, 5.74) is 9.05. The summed E-state index contributed by atoms with van der Waals surface area (Å²) in [6.07, 6.45) is 4.21. The normalized spacial score (nSPS) is 13.9. The van der Waals surface area contributed by atoms with E-state index < -0.39 is 0 Å². The van der Waals surface area contributed by atoms with Crippen LogP contribution < -0.4 is 5.32 Å². The monoisotopic (exact) mass is 522 g/mol. The highest BCUT2D eigenvalue weighted by atomic mass is 14.9. The molecule has 0 radical (unpaired) electrons. The summed E-state index contributed by atoms with van der Waals surface area (Å²) in [7, 11) is 0. The van der Waals surface area contributed by atoms with E-state index in [0.717, 1.165) is 50.0 Å². The standard InChI is InChI=1S/C39H26N2/c40-35(34-22-31-15-7-13-27-17-18-28-14-8-16-32(34)39(28)38(27)31)24-37-33-21-29(25-9-3-1-4-10-25)19-20-30(33)23-36(41-37)26-11-5-2-6-12-26/h1-24,40-41H/b37-24-,40-35?. The molecule has 1 heterocycles. The van der Waals surface area contributed by atoms with Crippen LogP contribution in [0.4, 0.5) is 0 Å². The zero-order valence-corrected chi connectivity index (χ0v) is 22.4. The van der Waals surface area contributed by atoms with Gasteiger partial charge >= 0.3 is 0 Å². The molecule has 2 nitrogen and oxygen atoms in total. The molecule has 7 aromatic carbocycles. The average molecular weight is 523 g/mol. The lowest BCUT2D eigenvalue weighted by molar-refractivity contribution is 1.22. The molecule has 41 heavy (non-hydrogen) atoms. The van der Waals surface area contributed by atoms with Gasteiger partial charge in [-0.05, 0) is 78.9 Å². The molecule has 0 saturated carbocycles. The first-order valence-electron chi connectivity index (χ1n) is 13.9. The lowest BCUT2D eigenvalue weighted by atomic mass is 9.89. The molecule has 1 aliphatic rings. The summed E-state index contributed by atoms with van der Waals surface area (Å²) >= 11 is 0. The highest BCUT2D eigenvalue weighted by molar-refractivity contribution is 6.29. The minimum absolute atomic E-state index is 0.483. The summed E-state index contributed by atoms with van der Waals surface area (Å²) < 4.78 is 0. The van der Waals surface area contributed by atoms with E-state index in [-0.39, 0.29) is 0 Å². The van der Waals surface area contributed by atoms with Gasteiger partial charge in [0.2, 0.25) is 0 Å². The van der Waals surface area contributed by atoms with E-state index >= 15 is 0 Å². The Bertz CT molecular complexity index is 2170. The Kier molecular flexibility index (Phi) is 5.33. The predicted octanol–water partition coefficient (Wildman–Crippen LogP) is 9.76. The first-order chi connectivity index (χ1) is 20.2. The van der Waals surface area contributed by atoms with E-state index in [1.165, 1.54) is 27.1 Å². The van der Waals surface area contributed by atoms with Gasteiger partial charge in [0.1, 0.15) is 0 Å². The Morgan fingerprint density at radius 3 is 2.02 bits per heavy atom. The van der Waals surface area contributed by atoms with Gasteiger partial charge in [0.15, 0.2) is 0 Å². The van der Waals surface area contributed by atoms with Gasteiger partial charge in [-0.15, -0.1) is 0 Å². The summed E-state index contributed by atoms with van der Waals surface area (Å²) in [5.74, 6) is 0. The number of fused-ring (bicyclic) bond motifs is 1. The summed E-state index contributed by atoms with van der Waals surface area (Å²) in [6, 6.07) is 46.9. The van der Waals surface area contributed by atoms with Gasteiger partial charge < -0.3 is 10.7 Å². The van der Waals surface area contributed by atoms with Crippen molar-refractivity contribution in [3.05, 3.63) is 162 Å². The zero-order valence-electron chi connectivity index (χ0n) is 22.4. The van der Waals surface area contributed by atoms with Crippen LogP contribution in [-0.4, -0.2) is 5.71 Å². The Balaban J connectivity index is 1.32. The summed E-state index contributed by atoms with van der Waals surface area (Å²) in [4.78, 5) is 0. The van der Waals surface area contributed by atoms with Gasteiger partial charge in [0.25, 0.3) is 0 Å². The highest BCUT2D eigenvalue weighted by Gasteiger charge is 2.19. The third-order valence-electron chi connectivity index (χ3n) is 8.19.